The highest BCUT2D eigenvalue weighted by molar-refractivity contribution is 5.86. The molecular formula is C15H19NO. The summed E-state index contributed by atoms with van der Waals surface area (Å²) in [5.74, 6) is 0. The van der Waals surface area contributed by atoms with Crippen molar-refractivity contribution in [3.8, 4) is 0 Å². The number of fused-ring (bicyclic) bond motifs is 1. The van der Waals surface area contributed by atoms with E-state index in [9.17, 15) is 5.11 Å². The van der Waals surface area contributed by atoms with Gasteiger partial charge in [0, 0.05) is 17.8 Å². The van der Waals surface area contributed by atoms with Gasteiger partial charge in [-0.15, -0.1) is 0 Å². The zero-order valence-electron chi connectivity index (χ0n) is 10.9. The van der Waals surface area contributed by atoms with Crippen LogP contribution in [0.3, 0.4) is 0 Å². The van der Waals surface area contributed by atoms with E-state index in [1.54, 1.807) is 6.92 Å². The minimum absolute atomic E-state index is 0.0822. The molecule has 2 nitrogen and oxygen atoms in total. The van der Waals surface area contributed by atoms with Crippen molar-refractivity contribution in [2.75, 3.05) is 0 Å². The molecule has 0 spiro atoms. The van der Waals surface area contributed by atoms with Crippen molar-refractivity contribution in [3.63, 3.8) is 0 Å². The van der Waals surface area contributed by atoms with Gasteiger partial charge in [0.15, 0.2) is 0 Å². The molecule has 17 heavy (non-hydrogen) atoms. The molecule has 0 saturated carbocycles. The smallest absolute Gasteiger partial charge is 0.0762 e. The Hall–Kier alpha value is -1.41. The maximum absolute atomic E-state index is 9.59. The number of hydrogen-bond donors (Lipinski definition) is 1. The van der Waals surface area contributed by atoms with E-state index in [1.165, 1.54) is 10.9 Å². The van der Waals surface area contributed by atoms with Gasteiger partial charge in [-0.2, -0.15) is 0 Å². The van der Waals surface area contributed by atoms with Crippen molar-refractivity contribution >= 4 is 10.8 Å². The average molecular weight is 229 g/mol. The molecule has 0 radical (unpaired) electrons. The summed E-state index contributed by atoms with van der Waals surface area (Å²) in [6.45, 7) is 8.34. The van der Waals surface area contributed by atoms with Crippen molar-refractivity contribution < 1.29 is 5.11 Å². The number of aliphatic hydroxyl groups is 1. The summed E-state index contributed by atoms with van der Waals surface area (Å²) in [5.41, 5.74) is 2.26. The van der Waals surface area contributed by atoms with Crippen LogP contribution >= 0.6 is 0 Å². The van der Waals surface area contributed by atoms with E-state index >= 15 is 0 Å². The van der Waals surface area contributed by atoms with Gasteiger partial charge in [0.1, 0.15) is 0 Å². The van der Waals surface area contributed by atoms with Gasteiger partial charge in [0.2, 0.25) is 0 Å². The van der Waals surface area contributed by atoms with Crippen molar-refractivity contribution in [1.82, 2.24) is 4.98 Å². The number of aliphatic hydroxyl groups excluding tert-OH is 1. The molecule has 0 amide bonds. The minimum atomic E-state index is -0.433. The van der Waals surface area contributed by atoms with Gasteiger partial charge in [-0.3, -0.25) is 4.98 Å². The number of benzene rings is 1. The second-order valence-electron chi connectivity index (χ2n) is 5.59. The van der Waals surface area contributed by atoms with E-state index in [0.29, 0.717) is 0 Å². The molecule has 1 aromatic heterocycles. The lowest BCUT2D eigenvalue weighted by Crippen LogP contribution is -2.12. The zero-order valence-corrected chi connectivity index (χ0v) is 10.9. The predicted molar refractivity (Wildman–Crippen MR) is 71.1 cm³/mol. The molecule has 0 bridgehead atoms. The van der Waals surface area contributed by atoms with Gasteiger partial charge in [-0.05, 0) is 34.9 Å². The Morgan fingerprint density at radius 1 is 1.18 bits per heavy atom. The van der Waals surface area contributed by atoms with Crippen LogP contribution in [0.2, 0.25) is 0 Å². The molecule has 1 heterocycles. The molecule has 90 valence electrons. The molecule has 2 rings (SSSR count). The average Bonchev–Trinajstić information content (AvgIpc) is 2.26. The number of nitrogens with zero attached hydrogens (tertiary/aromatic N) is 1. The number of pyridine rings is 1. The lowest BCUT2D eigenvalue weighted by molar-refractivity contribution is 0.199. The van der Waals surface area contributed by atoms with E-state index in [-0.39, 0.29) is 5.41 Å². The molecule has 2 aromatic rings. The van der Waals surface area contributed by atoms with Gasteiger partial charge < -0.3 is 5.11 Å². The summed E-state index contributed by atoms with van der Waals surface area (Å²) < 4.78 is 0. The van der Waals surface area contributed by atoms with Gasteiger partial charge in [0.05, 0.1) is 6.10 Å². The van der Waals surface area contributed by atoms with Crippen molar-refractivity contribution in [1.29, 1.82) is 0 Å². The number of aromatic nitrogens is 1. The molecule has 1 unspecified atom stereocenters. The lowest BCUT2D eigenvalue weighted by Gasteiger charge is -2.21. The van der Waals surface area contributed by atoms with Crippen LogP contribution in [0.25, 0.3) is 10.8 Å². The largest absolute Gasteiger partial charge is 0.389 e. The third-order valence-electron chi connectivity index (χ3n) is 3.07. The fraction of sp³-hybridized carbons (Fsp3) is 0.400. The van der Waals surface area contributed by atoms with E-state index in [1.807, 2.05) is 24.5 Å². The lowest BCUT2D eigenvalue weighted by atomic mass is 9.85. The SMILES string of the molecule is CC(O)c1ccc2c(C(C)(C)C)cncc2c1. The predicted octanol–water partition coefficient (Wildman–Crippen LogP) is 3.59. The molecule has 0 aliphatic rings. The monoisotopic (exact) mass is 229 g/mol. The van der Waals surface area contributed by atoms with Crippen LogP contribution in [0.4, 0.5) is 0 Å². The van der Waals surface area contributed by atoms with Crippen molar-refractivity contribution in [2.45, 2.75) is 39.2 Å². The van der Waals surface area contributed by atoms with Crippen LogP contribution in [0, 0.1) is 0 Å². The first-order valence-corrected chi connectivity index (χ1v) is 5.96. The van der Waals surface area contributed by atoms with Gasteiger partial charge in [0.25, 0.3) is 0 Å². The second-order valence-corrected chi connectivity index (χ2v) is 5.59. The zero-order chi connectivity index (χ0) is 12.6. The Morgan fingerprint density at radius 2 is 1.88 bits per heavy atom. The minimum Gasteiger partial charge on any atom is -0.389 e. The molecule has 1 N–H and O–H groups in total. The molecule has 1 atom stereocenters. The van der Waals surface area contributed by atoms with Crippen LogP contribution in [-0.4, -0.2) is 10.1 Å². The Kier molecular flexibility index (Phi) is 2.92. The van der Waals surface area contributed by atoms with E-state index in [4.69, 9.17) is 0 Å². The first-order chi connectivity index (χ1) is 7.89. The summed E-state index contributed by atoms with van der Waals surface area (Å²) in [6, 6.07) is 6.09. The normalized spacial score (nSPS) is 13.9. The van der Waals surface area contributed by atoms with Crippen LogP contribution in [-0.2, 0) is 5.41 Å². The highest BCUT2D eigenvalue weighted by Gasteiger charge is 2.17. The molecule has 0 fully saturated rings. The molecule has 0 saturated heterocycles. The third-order valence-corrected chi connectivity index (χ3v) is 3.07. The van der Waals surface area contributed by atoms with Crippen LogP contribution in [0.5, 0.6) is 0 Å². The Bertz CT molecular complexity index is 538. The maximum atomic E-state index is 9.59. The number of rotatable bonds is 1. The Morgan fingerprint density at radius 3 is 2.47 bits per heavy atom. The van der Waals surface area contributed by atoms with E-state index < -0.39 is 6.10 Å². The summed E-state index contributed by atoms with van der Waals surface area (Å²) in [4.78, 5) is 4.30. The quantitative estimate of drug-likeness (QED) is 0.810. The highest BCUT2D eigenvalue weighted by atomic mass is 16.3. The summed E-state index contributed by atoms with van der Waals surface area (Å²) in [5, 5.41) is 11.9. The summed E-state index contributed by atoms with van der Waals surface area (Å²) in [7, 11) is 0. The van der Waals surface area contributed by atoms with Crippen LogP contribution in [0.15, 0.2) is 30.6 Å². The standard InChI is InChI=1S/C15H19NO/c1-10(17)11-5-6-13-12(7-11)8-16-9-14(13)15(2,3)4/h5-10,17H,1-4H3. The maximum Gasteiger partial charge on any atom is 0.0762 e. The van der Waals surface area contributed by atoms with Crippen molar-refractivity contribution in [3.05, 3.63) is 41.7 Å². The van der Waals surface area contributed by atoms with Crippen molar-refractivity contribution in [2.24, 2.45) is 0 Å². The molecule has 1 aromatic carbocycles. The summed E-state index contributed by atoms with van der Waals surface area (Å²) >= 11 is 0. The fourth-order valence-electron chi connectivity index (χ4n) is 2.05. The van der Waals surface area contributed by atoms with Gasteiger partial charge in [-0.1, -0.05) is 32.9 Å². The molecule has 0 aliphatic heterocycles. The molecular weight excluding hydrogens is 210 g/mol. The van der Waals surface area contributed by atoms with Crippen LogP contribution < -0.4 is 0 Å². The van der Waals surface area contributed by atoms with Crippen LogP contribution in [0.1, 0.15) is 44.9 Å². The Balaban J connectivity index is 2.67. The summed E-state index contributed by atoms with van der Waals surface area (Å²) in [6.07, 6.45) is 3.36. The first-order valence-electron chi connectivity index (χ1n) is 5.96. The van der Waals surface area contributed by atoms with E-state index in [2.05, 4.69) is 31.8 Å². The first kappa shape index (κ1) is 12.1. The number of hydrogen-bond acceptors (Lipinski definition) is 2. The van der Waals surface area contributed by atoms with E-state index in [0.717, 1.165) is 10.9 Å². The Labute approximate surface area is 102 Å². The highest BCUT2D eigenvalue weighted by Crippen LogP contribution is 2.30. The topological polar surface area (TPSA) is 33.1 Å². The fourth-order valence-corrected chi connectivity index (χ4v) is 2.05. The second kappa shape index (κ2) is 4.11. The third kappa shape index (κ3) is 2.32. The van der Waals surface area contributed by atoms with Gasteiger partial charge >= 0.3 is 0 Å². The molecule has 0 aliphatic carbocycles. The van der Waals surface area contributed by atoms with Gasteiger partial charge in [-0.25, -0.2) is 0 Å². The molecule has 2 heteroatoms.